The Morgan fingerprint density at radius 3 is 2.60 bits per heavy atom. The summed E-state index contributed by atoms with van der Waals surface area (Å²) in [6.07, 6.45) is 1.26. The Balaban J connectivity index is 1.49. The van der Waals surface area contributed by atoms with E-state index in [0.717, 1.165) is 16.8 Å². The average Bonchev–Trinajstić information content (AvgIpc) is 3.29. The monoisotopic (exact) mass is 506 g/mol. The number of hydrazone groups is 1. The lowest BCUT2D eigenvalue weighted by atomic mass is 10.2. The van der Waals surface area contributed by atoms with E-state index in [4.69, 9.17) is 11.6 Å². The highest BCUT2D eigenvalue weighted by Gasteiger charge is 2.17. The van der Waals surface area contributed by atoms with Gasteiger partial charge in [0.05, 0.1) is 16.9 Å². The van der Waals surface area contributed by atoms with Gasteiger partial charge in [0.15, 0.2) is 11.0 Å². The largest absolute Gasteiger partial charge is 0.272 e. The summed E-state index contributed by atoms with van der Waals surface area (Å²) in [6.45, 7) is 2.01. The molecule has 0 unspecified atom stereocenters. The van der Waals surface area contributed by atoms with E-state index >= 15 is 0 Å². The summed E-state index contributed by atoms with van der Waals surface area (Å²) >= 11 is 7.26. The van der Waals surface area contributed by atoms with Gasteiger partial charge in [-0.3, -0.25) is 19.5 Å². The lowest BCUT2D eigenvalue weighted by Gasteiger charge is -2.10. The fourth-order valence-corrected chi connectivity index (χ4v) is 4.05. The van der Waals surface area contributed by atoms with Crippen molar-refractivity contribution >= 4 is 41.2 Å². The Hall–Kier alpha value is -4.02. The summed E-state index contributed by atoms with van der Waals surface area (Å²) in [5.41, 5.74) is 5.50. The van der Waals surface area contributed by atoms with E-state index in [1.807, 2.05) is 66.1 Å². The summed E-state index contributed by atoms with van der Waals surface area (Å²) in [7, 11) is 0. The quantitative estimate of drug-likeness (QED) is 0.155. The molecule has 1 aromatic heterocycles. The molecule has 1 heterocycles. The molecule has 0 fully saturated rings. The molecule has 4 aromatic rings. The van der Waals surface area contributed by atoms with Gasteiger partial charge in [-0.25, -0.2) is 5.43 Å². The van der Waals surface area contributed by atoms with Crippen LogP contribution in [-0.2, 0) is 4.79 Å². The van der Waals surface area contributed by atoms with Crippen LogP contribution in [0.1, 0.15) is 11.1 Å². The summed E-state index contributed by atoms with van der Waals surface area (Å²) in [4.78, 5) is 22.8. The van der Waals surface area contributed by atoms with Gasteiger partial charge in [0.25, 0.3) is 11.6 Å². The second-order valence-corrected chi connectivity index (χ2v) is 8.74. The SMILES string of the molecule is Cc1ccc(-n2c(SCC(=O)N/N=C\c3cc([N+](=O)[O-])ccc3Cl)nnc2-c2ccccc2)cc1. The molecule has 0 saturated heterocycles. The molecule has 0 bridgehead atoms. The lowest BCUT2D eigenvalue weighted by molar-refractivity contribution is -0.384. The number of hydrogen-bond donors (Lipinski definition) is 1. The standard InChI is InChI=1S/C24H19ClN6O3S/c1-16-7-9-19(10-8-16)30-23(17-5-3-2-4-6-17)28-29-24(30)35-15-22(32)27-26-14-18-13-20(31(33)34)11-12-21(18)25/h2-14H,15H2,1H3,(H,27,32)/b26-14-. The van der Waals surface area contributed by atoms with Crippen LogP contribution in [0, 0.1) is 17.0 Å². The average molecular weight is 507 g/mol. The number of carbonyl (C=O) groups excluding carboxylic acids is 1. The normalized spacial score (nSPS) is 11.0. The van der Waals surface area contributed by atoms with Crippen LogP contribution >= 0.6 is 23.4 Å². The number of benzene rings is 3. The molecule has 9 nitrogen and oxygen atoms in total. The zero-order chi connectivity index (χ0) is 24.8. The van der Waals surface area contributed by atoms with Crippen LogP contribution in [0.25, 0.3) is 17.1 Å². The minimum atomic E-state index is -0.531. The van der Waals surface area contributed by atoms with E-state index in [1.165, 1.54) is 36.2 Å². The van der Waals surface area contributed by atoms with Gasteiger partial charge in [0.1, 0.15) is 0 Å². The first-order valence-corrected chi connectivity index (χ1v) is 11.8. The predicted molar refractivity (Wildman–Crippen MR) is 136 cm³/mol. The third kappa shape index (κ3) is 5.92. The predicted octanol–water partition coefficient (Wildman–Crippen LogP) is 5.05. The van der Waals surface area contributed by atoms with Crippen LogP contribution in [0.4, 0.5) is 5.69 Å². The molecule has 11 heteroatoms. The maximum atomic E-state index is 12.4. The zero-order valence-corrected chi connectivity index (χ0v) is 20.0. The van der Waals surface area contributed by atoms with Crippen molar-refractivity contribution in [1.29, 1.82) is 0 Å². The molecule has 0 aliphatic heterocycles. The van der Waals surface area contributed by atoms with Crippen molar-refractivity contribution in [3.8, 4) is 17.1 Å². The van der Waals surface area contributed by atoms with Gasteiger partial charge >= 0.3 is 0 Å². The minimum Gasteiger partial charge on any atom is -0.272 e. The summed E-state index contributed by atoms with van der Waals surface area (Å²) in [5, 5.41) is 24.3. The molecule has 0 atom stereocenters. The Labute approximate surface area is 210 Å². The topological polar surface area (TPSA) is 115 Å². The maximum absolute atomic E-state index is 12.4. The molecule has 4 rings (SSSR count). The molecular weight excluding hydrogens is 488 g/mol. The first-order valence-electron chi connectivity index (χ1n) is 10.4. The first-order chi connectivity index (χ1) is 16.9. The van der Waals surface area contributed by atoms with Gasteiger partial charge in [0, 0.05) is 34.0 Å². The van der Waals surface area contributed by atoms with Crippen molar-refractivity contribution in [2.75, 3.05) is 5.75 Å². The maximum Gasteiger partial charge on any atom is 0.270 e. The number of hydrogen-bond acceptors (Lipinski definition) is 7. The Kier molecular flexibility index (Phi) is 7.54. The number of nitrogens with zero attached hydrogens (tertiary/aromatic N) is 5. The smallest absolute Gasteiger partial charge is 0.270 e. The van der Waals surface area contributed by atoms with E-state index < -0.39 is 4.92 Å². The molecule has 0 aliphatic rings. The molecule has 0 saturated carbocycles. The van der Waals surface area contributed by atoms with Crippen LogP contribution in [0.3, 0.4) is 0 Å². The fraction of sp³-hybridized carbons (Fsp3) is 0.0833. The van der Waals surface area contributed by atoms with Crippen LogP contribution in [0.2, 0.25) is 5.02 Å². The number of amides is 1. The molecule has 0 aliphatic carbocycles. The van der Waals surface area contributed by atoms with Crippen molar-refractivity contribution in [3.05, 3.63) is 99.1 Å². The van der Waals surface area contributed by atoms with Gasteiger partial charge in [-0.1, -0.05) is 71.4 Å². The number of carbonyl (C=O) groups is 1. The number of nitro benzene ring substituents is 1. The van der Waals surface area contributed by atoms with Gasteiger partial charge < -0.3 is 0 Å². The molecule has 35 heavy (non-hydrogen) atoms. The van der Waals surface area contributed by atoms with Crippen molar-refractivity contribution in [2.45, 2.75) is 12.1 Å². The Bertz CT molecular complexity index is 1390. The summed E-state index contributed by atoms with van der Waals surface area (Å²) in [6, 6.07) is 21.6. The first kappa shape index (κ1) is 24.1. The van der Waals surface area contributed by atoms with Crippen molar-refractivity contribution in [1.82, 2.24) is 20.2 Å². The molecule has 0 radical (unpaired) electrons. The van der Waals surface area contributed by atoms with Crippen LogP contribution in [0.15, 0.2) is 83.1 Å². The summed E-state index contributed by atoms with van der Waals surface area (Å²) in [5.74, 6) is 0.307. The van der Waals surface area contributed by atoms with E-state index in [9.17, 15) is 14.9 Å². The molecule has 176 valence electrons. The van der Waals surface area contributed by atoms with Crippen molar-refractivity contribution < 1.29 is 9.72 Å². The molecular formula is C24H19ClN6O3S. The number of nitro groups is 1. The number of non-ortho nitro benzene ring substituents is 1. The van der Waals surface area contributed by atoms with Gasteiger partial charge in [-0.15, -0.1) is 10.2 Å². The lowest BCUT2D eigenvalue weighted by Crippen LogP contribution is -2.20. The number of thioether (sulfide) groups is 1. The number of aryl methyl sites for hydroxylation is 1. The minimum absolute atomic E-state index is 0.0266. The van der Waals surface area contributed by atoms with E-state index in [0.29, 0.717) is 16.5 Å². The number of halogens is 1. The fourth-order valence-electron chi connectivity index (χ4n) is 3.14. The molecule has 1 N–H and O–H groups in total. The van der Waals surface area contributed by atoms with Gasteiger partial charge in [0.2, 0.25) is 0 Å². The third-order valence-corrected chi connectivity index (χ3v) is 6.15. The Morgan fingerprint density at radius 1 is 1.14 bits per heavy atom. The van der Waals surface area contributed by atoms with Crippen LogP contribution in [0.5, 0.6) is 0 Å². The number of rotatable bonds is 8. The van der Waals surface area contributed by atoms with Crippen LogP contribution < -0.4 is 5.43 Å². The Morgan fingerprint density at radius 2 is 1.89 bits per heavy atom. The molecule has 0 spiro atoms. The van der Waals surface area contributed by atoms with Crippen LogP contribution in [-0.4, -0.2) is 37.6 Å². The van der Waals surface area contributed by atoms with Crippen molar-refractivity contribution in [2.24, 2.45) is 5.10 Å². The van der Waals surface area contributed by atoms with Gasteiger partial charge in [-0.05, 0) is 25.1 Å². The second kappa shape index (κ2) is 10.9. The van der Waals surface area contributed by atoms with Gasteiger partial charge in [-0.2, -0.15) is 5.10 Å². The highest BCUT2D eigenvalue weighted by molar-refractivity contribution is 7.99. The summed E-state index contributed by atoms with van der Waals surface area (Å²) < 4.78 is 1.90. The highest BCUT2D eigenvalue weighted by Crippen LogP contribution is 2.28. The molecule has 3 aromatic carbocycles. The zero-order valence-electron chi connectivity index (χ0n) is 18.5. The van der Waals surface area contributed by atoms with E-state index in [2.05, 4.69) is 20.7 Å². The number of nitrogens with one attached hydrogen (secondary N) is 1. The third-order valence-electron chi connectivity index (χ3n) is 4.87. The van der Waals surface area contributed by atoms with Crippen molar-refractivity contribution in [3.63, 3.8) is 0 Å². The number of aromatic nitrogens is 3. The van der Waals surface area contributed by atoms with E-state index in [1.54, 1.807) is 0 Å². The highest BCUT2D eigenvalue weighted by atomic mass is 35.5. The second-order valence-electron chi connectivity index (χ2n) is 7.39. The van der Waals surface area contributed by atoms with E-state index in [-0.39, 0.29) is 22.4 Å². The molecule has 1 amide bonds.